The first kappa shape index (κ1) is 15.1. The molecule has 2 saturated carbocycles. The van der Waals surface area contributed by atoms with Crippen LogP contribution in [0.1, 0.15) is 64.2 Å². The molecule has 6 heteroatoms. The van der Waals surface area contributed by atoms with Crippen LogP contribution in [0.15, 0.2) is 0 Å². The molecule has 0 spiro atoms. The number of nitrogens with two attached hydrogens (primary N) is 2. The predicted octanol–water partition coefficient (Wildman–Crippen LogP) is 1.96. The Hall–Kier alpha value is -1.30. The van der Waals surface area contributed by atoms with E-state index in [-0.39, 0.29) is 11.9 Å². The molecule has 0 saturated heterocycles. The number of hydrogen-bond acceptors (Lipinski definition) is 3. The van der Waals surface area contributed by atoms with Crippen molar-refractivity contribution in [2.45, 2.75) is 76.3 Å². The van der Waals surface area contributed by atoms with Crippen LogP contribution >= 0.6 is 0 Å². The van der Waals surface area contributed by atoms with Crippen LogP contribution in [0.2, 0.25) is 0 Å². The van der Waals surface area contributed by atoms with Crippen LogP contribution in [0.5, 0.6) is 0 Å². The summed E-state index contributed by atoms with van der Waals surface area (Å²) in [4.78, 5) is 0. The van der Waals surface area contributed by atoms with E-state index in [4.69, 9.17) is 22.3 Å². The minimum Gasteiger partial charge on any atom is -0.369 e. The first-order valence-electron chi connectivity index (χ1n) is 7.87. The van der Waals surface area contributed by atoms with Gasteiger partial charge in [0.2, 0.25) is 11.9 Å². The van der Waals surface area contributed by atoms with Crippen molar-refractivity contribution in [1.29, 1.82) is 10.8 Å². The van der Waals surface area contributed by atoms with Crippen molar-refractivity contribution in [3.63, 3.8) is 0 Å². The third-order valence-electron chi connectivity index (χ3n) is 4.58. The van der Waals surface area contributed by atoms with E-state index in [0.717, 1.165) is 25.7 Å². The average molecular weight is 280 g/mol. The molecule has 6 nitrogen and oxygen atoms in total. The molecule has 0 aromatic rings. The lowest BCUT2D eigenvalue weighted by Crippen LogP contribution is -2.62. The van der Waals surface area contributed by atoms with Crippen LogP contribution in [0.4, 0.5) is 0 Å². The van der Waals surface area contributed by atoms with E-state index in [9.17, 15) is 0 Å². The third kappa shape index (κ3) is 3.42. The number of nitrogens with zero attached hydrogens (tertiary/aromatic N) is 2. The lowest BCUT2D eigenvalue weighted by Gasteiger charge is -2.46. The van der Waals surface area contributed by atoms with Gasteiger partial charge < -0.3 is 11.5 Å². The number of guanidine groups is 2. The van der Waals surface area contributed by atoms with Gasteiger partial charge in [-0.1, -0.05) is 38.5 Å². The van der Waals surface area contributed by atoms with Crippen LogP contribution in [0, 0.1) is 10.8 Å². The molecule has 114 valence electrons. The standard InChI is InChI=1S/C14H28N6/c15-13(16)20(14(17)18)19(11-7-3-1-4-8-11)12-9-5-2-6-10-12/h11-12H,1-10H2,(H3,15,16)(H3,17,18). The van der Waals surface area contributed by atoms with Crippen LogP contribution in [-0.2, 0) is 0 Å². The maximum Gasteiger partial charge on any atom is 0.210 e. The molecule has 0 aromatic heterocycles. The van der Waals surface area contributed by atoms with E-state index < -0.39 is 0 Å². The first-order valence-corrected chi connectivity index (χ1v) is 7.87. The van der Waals surface area contributed by atoms with Crippen molar-refractivity contribution >= 4 is 11.9 Å². The molecule has 0 amide bonds. The zero-order valence-corrected chi connectivity index (χ0v) is 12.3. The van der Waals surface area contributed by atoms with Gasteiger partial charge in [-0.15, -0.1) is 0 Å². The Kier molecular flexibility index (Phi) is 5.23. The molecule has 2 rings (SSSR count). The summed E-state index contributed by atoms with van der Waals surface area (Å²) in [6.45, 7) is 0. The molecule has 20 heavy (non-hydrogen) atoms. The number of nitrogens with one attached hydrogen (secondary N) is 2. The normalized spacial score (nSPS) is 21.9. The molecule has 0 bridgehead atoms. The summed E-state index contributed by atoms with van der Waals surface area (Å²) < 4.78 is 0. The topological polar surface area (TPSA) is 106 Å². The summed E-state index contributed by atoms with van der Waals surface area (Å²) in [5.74, 6) is -0.262. The molecule has 0 radical (unpaired) electrons. The summed E-state index contributed by atoms with van der Waals surface area (Å²) in [7, 11) is 0. The van der Waals surface area contributed by atoms with E-state index in [1.54, 1.807) is 0 Å². The summed E-state index contributed by atoms with van der Waals surface area (Å²) in [6.07, 6.45) is 11.9. The molecule has 6 N–H and O–H groups in total. The lowest BCUT2D eigenvalue weighted by atomic mass is 9.90. The Morgan fingerprint density at radius 3 is 1.35 bits per heavy atom. The van der Waals surface area contributed by atoms with E-state index in [1.165, 1.54) is 43.5 Å². The zero-order chi connectivity index (χ0) is 14.5. The summed E-state index contributed by atoms with van der Waals surface area (Å²) in [5.41, 5.74) is 11.4. The van der Waals surface area contributed by atoms with Gasteiger partial charge in [0.1, 0.15) is 0 Å². The van der Waals surface area contributed by atoms with Gasteiger partial charge in [0.15, 0.2) is 0 Å². The number of hydrazine groups is 1. The molecule has 2 aliphatic carbocycles. The number of rotatable bonds is 3. The van der Waals surface area contributed by atoms with Crippen LogP contribution in [-0.4, -0.2) is 34.0 Å². The number of hydrogen-bond donors (Lipinski definition) is 4. The lowest BCUT2D eigenvalue weighted by molar-refractivity contribution is -0.0256. The van der Waals surface area contributed by atoms with E-state index in [1.807, 2.05) is 0 Å². The first-order chi connectivity index (χ1) is 9.61. The summed E-state index contributed by atoms with van der Waals surface area (Å²) in [6, 6.07) is 0.749. The molecule has 0 aromatic carbocycles. The van der Waals surface area contributed by atoms with E-state index in [2.05, 4.69) is 5.01 Å². The SMILES string of the molecule is N=C(N)N(C(=N)N)N(C1CCCCC1)C1CCCCC1. The highest BCUT2D eigenvalue weighted by Gasteiger charge is 2.35. The molecule has 2 aliphatic rings. The molecule has 2 fully saturated rings. The predicted molar refractivity (Wildman–Crippen MR) is 81.3 cm³/mol. The zero-order valence-electron chi connectivity index (χ0n) is 12.3. The molecule has 0 atom stereocenters. The van der Waals surface area contributed by atoms with Crippen LogP contribution < -0.4 is 11.5 Å². The van der Waals surface area contributed by atoms with Gasteiger partial charge in [0.25, 0.3) is 0 Å². The van der Waals surface area contributed by atoms with Crippen molar-refractivity contribution in [2.24, 2.45) is 11.5 Å². The molecule has 0 unspecified atom stereocenters. The highest BCUT2D eigenvalue weighted by Crippen LogP contribution is 2.31. The molecular weight excluding hydrogens is 252 g/mol. The van der Waals surface area contributed by atoms with Gasteiger partial charge in [0, 0.05) is 12.1 Å². The summed E-state index contributed by atoms with van der Waals surface area (Å²) >= 11 is 0. The van der Waals surface area contributed by atoms with Crippen molar-refractivity contribution in [3.8, 4) is 0 Å². The fraction of sp³-hybridized carbons (Fsp3) is 0.857. The fourth-order valence-electron chi connectivity index (χ4n) is 3.69. The second-order valence-corrected chi connectivity index (χ2v) is 6.05. The fourth-order valence-corrected chi connectivity index (χ4v) is 3.69. The molecular formula is C14H28N6. The Morgan fingerprint density at radius 1 is 0.700 bits per heavy atom. The smallest absolute Gasteiger partial charge is 0.210 e. The minimum absolute atomic E-state index is 0.131. The Labute approximate surface area is 121 Å². The van der Waals surface area contributed by atoms with Gasteiger partial charge in [-0.05, 0) is 25.7 Å². The summed E-state index contributed by atoms with van der Waals surface area (Å²) in [5, 5.41) is 19.2. The Balaban J connectivity index is 2.20. The quantitative estimate of drug-likeness (QED) is 0.360. The Morgan fingerprint density at radius 2 is 1.05 bits per heavy atom. The van der Waals surface area contributed by atoms with Crippen LogP contribution in [0.25, 0.3) is 0 Å². The van der Waals surface area contributed by atoms with Gasteiger partial charge in [-0.25, -0.2) is 10.0 Å². The van der Waals surface area contributed by atoms with Crippen molar-refractivity contribution in [3.05, 3.63) is 0 Å². The van der Waals surface area contributed by atoms with Gasteiger partial charge >= 0.3 is 0 Å². The van der Waals surface area contributed by atoms with Gasteiger partial charge in [-0.2, -0.15) is 0 Å². The Bertz CT molecular complexity index is 312. The molecule has 0 heterocycles. The maximum atomic E-state index is 7.79. The van der Waals surface area contributed by atoms with Gasteiger partial charge in [0.05, 0.1) is 0 Å². The van der Waals surface area contributed by atoms with E-state index >= 15 is 0 Å². The largest absolute Gasteiger partial charge is 0.369 e. The maximum absolute atomic E-state index is 7.79. The second-order valence-electron chi connectivity index (χ2n) is 6.05. The highest BCUT2D eigenvalue weighted by atomic mass is 15.7. The van der Waals surface area contributed by atoms with E-state index in [0.29, 0.717) is 12.1 Å². The van der Waals surface area contributed by atoms with Gasteiger partial charge in [-0.3, -0.25) is 10.8 Å². The third-order valence-corrected chi connectivity index (χ3v) is 4.58. The average Bonchev–Trinajstić information content (AvgIpc) is 2.45. The second kappa shape index (κ2) is 6.92. The molecule has 0 aliphatic heterocycles. The van der Waals surface area contributed by atoms with Crippen LogP contribution in [0.3, 0.4) is 0 Å². The van der Waals surface area contributed by atoms with Crippen molar-refractivity contribution in [1.82, 2.24) is 10.0 Å². The highest BCUT2D eigenvalue weighted by molar-refractivity contribution is 5.93. The van der Waals surface area contributed by atoms with Crippen molar-refractivity contribution in [2.75, 3.05) is 0 Å². The van der Waals surface area contributed by atoms with Crippen molar-refractivity contribution < 1.29 is 0 Å². The monoisotopic (exact) mass is 280 g/mol. The minimum atomic E-state index is -0.131.